The second-order valence-electron chi connectivity index (χ2n) is 4.93. The van der Waals surface area contributed by atoms with Crippen molar-refractivity contribution in [3.8, 4) is 0 Å². The van der Waals surface area contributed by atoms with E-state index < -0.39 is 24.0 Å². The van der Waals surface area contributed by atoms with Gasteiger partial charge in [0.25, 0.3) is 5.91 Å². The number of aryl methyl sites for hydroxylation is 1. The topological polar surface area (TPSA) is 75.1 Å². The van der Waals surface area contributed by atoms with Crippen LogP contribution in [0.25, 0.3) is 0 Å². The monoisotopic (exact) mass is 325 g/mol. The van der Waals surface area contributed by atoms with Gasteiger partial charge >= 0.3 is 6.18 Å². The fourth-order valence-electron chi connectivity index (χ4n) is 1.79. The number of carbonyl (C=O) groups is 1. The standard InChI is InChI=1S/C15H14F3N3O2/c1-9-2-4-10(5-3-9)12(22)8-19-13(23)11-6-20-14(21-7-11)15(16,17)18/h2-7,12,22H,8H2,1H3,(H,19,23). The van der Waals surface area contributed by atoms with E-state index in [-0.39, 0.29) is 12.1 Å². The summed E-state index contributed by atoms with van der Waals surface area (Å²) in [5.41, 5.74) is 1.54. The average molecular weight is 325 g/mol. The van der Waals surface area contributed by atoms with Crippen molar-refractivity contribution < 1.29 is 23.1 Å². The van der Waals surface area contributed by atoms with Gasteiger partial charge in [-0.2, -0.15) is 13.2 Å². The highest BCUT2D eigenvalue weighted by atomic mass is 19.4. The summed E-state index contributed by atoms with van der Waals surface area (Å²) >= 11 is 0. The van der Waals surface area contributed by atoms with Crippen molar-refractivity contribution in [3.05, 3.63) is 59.2 Å². The Morgan fingerprint density at radius 2 is 1.78 bits per heavy atom. The Balaban J connectivity index is 1.95. The third kappa shape index (κ3) is 4.49. The predicted molar refractivity (Wildman–Crippen MR) is 75.5 cm³/mol. The summed E-state index contributed by atoms with van der Waals surface area (Å²) in [5, 5.41) is 12.4. The number of aliphatic hydroxyl groups excluding tert-OH is 1. The minimum Gasteiger partial charge on any atom is -0.387 e. The van der Waals surface area contributed by atoms with Gasteiger partial charge in [0.05, 0.1) is 11.7 Å². The lowest BCUT2D eigenvalue weighted by molar-refractivity contribution is -0.145. The fourth-order valence-corrected chi connectivity index (χ4v) is 1.79. The number of nitrogens with zero attached hydrogens (tertiary/aromatic N) is 2. The number of alkyl halides is 3. The first-order valence-corrected chi connectivity index (χ1v) is 6.69. The third-order valence-corrected chi connectivity index (χ3v) is 3.09. The van der Waals surface area contributed by atoms with Crippen LogP contribution in [0.5, 0.6) is 0 Å². The second kappa shape index (κ2) is 6.74. The molecule has 122 valence electrons. The van der Waals surface area contributed by atoms with Gasteiger partial charge < -0.3 is 10.4 Å². The summed E-state index contributed by atoms with van der Waals surface area (Å²) in [6.45, 7) is 1.82. The van der Waals surface area contributed by atoms with Gasteiger partial charge in [-0.25, -0.2) is 9.97 Å². The van der Waals surface area contributed by atoms with Crippen molar-refractivity contribution in [1.82, 2.24) is 15.3 Å². The van der Waals surface area contributed by atoms with Crippen LogP contribution in [0.2, 0.25) is 0 Å². The van der Waals surface area contributed by atoms with E-state index in [1.807, 2.05) is 19.1 Å². The number of aromatic nitrogens is 2. The average Bonchev–Trinajstić information content (AvgIpc) is 2.52. The van der Waals surface area contributed by atoms with Gasteiger partial charge in [-0.1, -0.05) is 29.8 Å². The molecule has 0 saturated carbocycles. The summed E-state index contributed by atoms with van der Waals surface area (Å²) in [4.78, 5) is 18.0. The Bertz CT molecular complexity index is 670. The summed E-state index contributed by atoms with van der Waals surface area (Å²) in [6, 6.07) is 7.11. The number of benzene rings is 1. The van der Waals surface area contributed by atoms with Crippen molar-refractivity contribution >= 4 is 5.91 Å². The smallest absolute Gasteiger partial charge is 0.387 e. The largest absolute Gasteiger partial charge is 0.451 e. The van der Waals surface area contributed by atoms with Crippen LogP contribution in [0.1, 0.15) is 33.4 Å². The molecule has 0 fully saturated rings. The molecule has 0 spiro atoms. The molecule has 1 aromatic heterocycles. The molecule has 0 aliphatic carbocycles. The zero-order valence-corrected chi connectivity index (χ0v) is 12.1. The lowest BCUT2D eigenvalue weighted by Crippen LogP contribution is -2.28. The summed E-state index contributed by atoms with van der Waals surface area (Å²) in [5.74, 6) is -1.97. The molecule has 0 radical (unpaired) electrons. The molecule has 1 heterocycles. The zero-order chi connectivity index (χ0) is 17.0. The number of rotatable bonds is 4. The van der Waals surface area contributed by atoms with Crippen molar-refractivity contribution in [2.45, 2.75) is 19.2 Å². The van der Waals surface area contributed by atoms with Crippen molar-refractivity contribution in [3.63, 3.8) is 0 Å². The Morgan fingerprint density at radius 1 is 1.22 bits per heavy atom. The first-order valence-electron chi connectivity index (χ1n) is 6.69. The number of hydrogen-bond donors (Lipinski definition) is 2. The maximum atomic E-state index is 12.3. The molecule has 0 saturated heterocycles. The molecule has 1 atom stereocenters. The van der Waals surface area contributed by atoms with E-state index in [9.17, 15) is 23.1 Å². The SMILES string of the molecule is Cc1ccc(C(O)CNC(=O)c2cnc(C(F)(F)F)nc2)cc1. The molecule has 1 amide bonds. The van der Waals surface area contributed by atoms with Gasteiger partial charge in [-0.15, -0.1) is 0 Å². The number of hydrogen-bond acceptors (Lipinski definition) is 4. The molecule has 2 rings (SSSR count). The van der Waals surface area contributed by atoms with Crippen LogP contribution in [-0.4, -0.2) is 27.5 Å². The van der Waals surface area contributed by atoms with Crippen molar-refractivity contribution in [2.24, 2.45) is 0 Å². The highest BCUT2D eigenvalue weighted by Crippen LogP contribution is 2.25. The fraction of sp³-hybridized carbons (Fsp3) is 0.267. The van der Waals surface area contributed by atoms with Crippen LogP contribution in [-0.2, 0) is 6.18 Å². The molecule has 5 nitrogen and oxygen atoms in total. The molecule has 23 heavy (non-hydrogen) atoms. The summed E-state index contributed by atoms with van der Waals surface area (Å²) in [6.07, 6.45) is -3.99. The number of amides is 1. The van der Waals surface area contributed by atoms with E-state index in [4.69, 9.17) is 0 Å². The van der Waals surface area contributed by atoms with Gasteiger partial charge in [0, 0.05) is 18.9 Å². The van der Waals surface area contributed by atoms with Gasteiger partial charge in [0.15, 0.2) is 0 Å². The van der Waals surface area contributed by atoms with Crippen LogP contribution in [0.3, 0.4) is 0 Å². The quantitative estimate of drug-likeness (QED) is 0.904. The second-order valence-corrected chi connectivity index (χ2v) is 4.93. The molecule has 2 N–H and O–H groups in total. The van der Waals surface area contributed by atoms with Gasteiger partial charge in [0.1, 0.15) is 0 Å². The Hall–Kier alpha value is -2.48. The predicted octanol–water partition coefficient (Wildman–Crippen LogP) is 2.27. The molecular formula is C15H14F3N3O2. The number of carbonyl (C=O) groups excluding carboxylic acids is 1. The molecule has 2 aromatic rings. The van der Waals surface area contributed by atoms with Gasteiger partial charge in [-0.3, -0.25) is 4.79 Å². The van der Waals surface area contributed by atoms with Gasteiger partial charge in [-0.05, 0) is 12.5 Å². The number of nitrogens with one attached hydrogen (secondary N) is 1. The molecule has 0 bridgehead atoms. The maximum absolute atomic E-state index is 12.3. The van der Waals surface area contributed by atoms with Crippen LogP contribution in [0.15, 0.2) is 36.7 Å². The molecule has 1 unspecified atom stereocenters. The van der Waals surface area contributed by atoms with E-state index >= 15 is 0 Å². The molecule has 8 heteroatoms. The van der Waals surface area contributed by atoms with Crippen LogP contribution in [0.4, 0.5) is 13.2 Å². The van der Waals surface area contributed by atoms with E-state index in [1.165, 1.54) is 0 Å². The first kappa shape index (κ1) is 16.9. The number of aliphatic hydroxyl groups is 1. The zero-order valence-electron chi connectivity index (χ0n) is 12.1. The Morgan fingerprint density at radius 3 is 2.30 bits per heavy atom. The molecule has 0 aliphatic heterocycles. The number of halogens is 3. The normalized spacial score (nSPS) is 12.7. The van der Waals surface area contributed by atoms with Crippen molar-refractivity contribution in [1.29, 1.82) is 0 Å². The van der Waals surface area contributed by atoms with E-state index in [0.717, 1.165) is 18.0 Å². The summed E-state index contributed by atoms with van der Waals surface area (Å²) < 4.78 is 37.0. The lowest BCUT2D eigenvalue weighted by atomic mass is 10.1. The van der Waals surface area contributed by atoms with Gasteiger partial charge in [0.2, 0.25) is 5.82 Å². The lowest BCUT2D eigenvalue weighted by Gasteiger charge is -2.12. The highest BCUT2D eigenvalue weighted by Gasteiger charge is 2.34. The van der Waals surface area contributed by atoms with Crippen LogP contribution >= 0.6 is 0 Å². The third-order valence-electron chi connectivity index (χ3n) is 3.09. The molecule has 0 aliphatic rings. The van der Waals surface area contributed by atoms with Crippen LogP contribution < -0.4 is 5.32 Å². The minimum absolute atomic E-state index is 0.0804. The van der Waals surface area contributed by atoms with Crippen LogP contribution in [0, 0.1) is 6.92 Å². The minimum atomic E-state index is -4.66. The Labute approximate surface area is 130 Å². The van der Waals surface area contributed by atoms with Crippen molar-refractivity contribution in [2.75, 3.05) is 6.54 Å². The molecule has 1 aromatic carbocycles. The van der Waals surface area contributed by atoms with E-state index in [1.54, 1.807) is 12.1 Å². The van der Waals surface area contributed by atoms with E-state index in [2.05, 4.69) is 15.3 Å². The highest BCUT2D eigenvalue weighted by molar-refractivity contribution is 5.93. The first-order chi connectivity index (χ1) is 10.8. The molecular weight excluding hydrogens is 311 g/mol. The maximum Gasteiger partial charge on any atom is 0.451 e. The summed E-state index contributed by atoms with van der Waals surface area (Å²) in [7, 11) is 0. The Kier molecular flexibility index (Phi) is 4.95. The van der Waals surface area contributed by atoms with E-state index in [0.29, 0.717) is 5.56 Å².